The number of carbonyl (C=O) groups excluding carboxylic acids is 2. The zero-order valence-electron chi connectivity index (χ0n) is 16.0. The predicted octanol–water partition coefficient (Wildman–Crippen LogP) is 4.42. The van der Waals surface area contributed by atoms with E-state index in [9.17, 15) is 9.59 Å². The van der Waals surface area contributed by atoms with E-state index in [2.05, 4.69) is 11.4 Å². The van der Waals surface area contributed by atoms with Crippen LogP contribution in [0.25, 0.3) is 5.57 Å². The molecule has 0 N–H and O–H groups in total. The van der Waals surface area contributed by atoms with Gasteiger partial charge in [-0.15, -0.1) is 11.3 Å². The van der Waals surface area contributed by atoms with Crippen LogP contribution in [0.1, 0.15) is 49.5 Å². The van der Waals surface area contributed by atoms with Gasteiger partial charge < -0.3 is 4.74 Å². The third kappa shape index (κ3) is 1.35. The number of fused-ring (bicyclic) bond motifs is 2. The van der Waals surface area contributed by atoms with Gasteiger partial charge in [-0.05, 0) is 109 Å². The van der Waals surface area contributed by atoms with Crippen molar-refractivity contribution in [3.63, 3.8) is 0 Å². The van der Waals surface area contributed by atoms with Crippen LogP contribution < -0.4 is 0 Å². The van der Waals surface area contributed by atoms with E-state index in [1.54, 1.807) is 0 Å². The number of allylic oxidation sites excluding steroid dienone is 1. The first kappa shape index (κ1) is 15.4. The average molecular weight is 393 g/mol. The van der Waals surface area contributed by atoms with Crippen LogP contribution in [0.4, 0.5) is 0 Å². The monoisotopic (exact) mass is 392 g/mol. The second kappa shape index (κ2) is 4.50. The summed E-state index contributed by atoms with van der Waals surface area (Å²) in [5.74, 6) is 5.42. The number of carbonyl (C=O) groups is 2. The molecule has 1 aliphatic heterocycles. The molecule has 2 heterocycles. The van der Waals surface area contributed by atoms with Crippen molar-refractivity contribution in [3.05, 3.63) is 27.5 Å². The van der Waals surface area contributed by atoms with Crippen molar-refractivity contribution >= 4 is 28.8 Å². The average Bonchev–Trinajstić information content (AvgIpc) is 3.29. The molecule has 0 radical (unpaired) electrons. The Balaban J connectivity index is 1.45. The molecular weight excluding hydrogens is 368 g/mol. The van der Waals surface area contributed by atoms with E-state index in [0.717, 1.165) is 41.1 Å². The van der Waals surface area contributed by atoms with Crippen molar-refractivity contribution in [2.75, 3.05) is 0 Å². The zero-order valence-corrected chi connectivity index (χ0v) is 16.8. The standard InChI is InChI=1S/C24H24O3S/c1-9-12-2-3-28-21(12)24(20-18(9)22(25)27-23(20)26)11-7-14-13-4-10-5-16(14)19(24)17(6-10)15(13)8-11/h2-3,10-11,13-17,19-20H,4-8H2,1H3/t10?,11?,13?,14-,15?,16+,17?,19?,20+,24+/m0/s1. The van der Waals surface area contributed by atoms with Gasteiger partial charge in [0.2, 0.25) is 0 Å². The highest BCUT2D eigenvalue weighted by atomic mass is 32.1. The Bertz CT molecular complexity index is 995. The molecule has 1 saturated heterocycles. The first-order valence-electron chi connectivity index (χ1n) is 11.2. The van der Waals surface area contributed by atoms with Gasteiger partial charge in [-0.25, -0.2) is 4.79 Å². The van der Waals surface area contributed by atoms with Crippen LogP contribution in [0.2, 0.25) is 0 Å². The molecule has 1 aromatic rings. The molecule has 10 rings (SSSR count). The molecule has 1 spiro atoms. The summed E-state index contributed by atoms with van der Waals surface area (Å²) in [7, 11) is 0. The number of cyclic esters (lactones) is 2. The van der Waals surface area contributed by atoms with E-state index in [0.29, 0.717) is 17.4 Å². The first-order chi connectivity index (χ1) is 13.6. The minimum absolute atomic E-state index is 0.156. The number of rotatable bonds is 0. The van der Waals surface area contributed by atoms with Crippen molar-refractivity contribution in [2.45, 2.75) is 44.4 Å². The SMILES string of the molecule is CC1=C2C(=O)OC(=O)[C@@H]2[C@@]2(c3sccc31)C1CC3C4CC5CC3[C@H](C1)[C@@H](C5)C42. The maximum Gasteiger partial charge on any atom is 0.342 e. The van der Waals surface area contributed by atoms with Crippen LogP contribution in [0.5, 0.6) is 0 Å². The van der Waals surface area contributed by atoms with Gasteiger partial charge in [0.05, 0.1) is 5.57 Å². The molecule has 144 valence electrons. The van der Waals surface area contributed by atoms with Crippen molar-refractivity contribution in [3.8, 4) is 0 Å². The molecular formula is C24H24O3S. The molecule has 28 heavy (non-hydrogen) atoms. The lowest BCUT2D eigenvalue weighted by Crippen LogP contribution is -2.72. The second-order valence-corrected chi connectivity index (χ2v) is 11.8. The molecule has 3 nitrogen and oxygen atoms in total. The summed E-state index contributed by atoms with van der Waals surface area (Å²) in [5, 5.41) is 2.20. The molecule has 8 fully saturated rings. The van der Waals surface area contributed by atoms with Gasteiger partial charge in [-0.1, -0.05) is 0 Å². The van der Waals surface area contributed by atoms with Crippen LogP contribution in [0.15, 0.2) is 17.0 Å². The molecule has 8 bridgehead atoms. The highest BCUT2D eigenvalue weighted by molar-refractivity contribution is 7.10. The largest absolute Gasteiger partial charge is 0.389 e. The van der Waals surface area contributed by atoms with Gasteiger partial charge in [0.1, 0.15) is 5.92 Å². The van der Waals surface area contributed by atoms with E-state index < -0.39 is 0 Å². The van der Waals surface area contributed by atoms with Gasteiger partial charge in [-0.2, -0.15) is 0 Å². The molecule has 0 amide bonds. The minimum atomic E-state index is -0.356. The van der Waals surface area contributed by atoms with Crippen LogP contribution in [0.3, 0.4) is 0 Å². The molecule has 0 aromatic carbocycles. The van der Waals surface area contributed by atoms with Crippen molar-refractivity contribution in [2.24, 2.45) is 53.3 Å². The minimum Gasteiger partial charge on any atom is -0.389 e. The Morgan fingerprint density at radius 2 is 1.68 bits per heavy atom. The summed E-state index contributed by atoms with van der Waals surface area (Å²) in [6, 6.07) is 2.20. The highest BCUT2D eigenvalue weighted by Gasteiger charge is 2.76. The maximum absolute atomic E-state index is 13.2. The fourth-order valence-corrected chi connectivity index (χ4v) is 11.6. The number of hydrogen-bond donors (Lipinski definition) is 0. The van der Waals surface area contributed by atoms with E-state index >= 15 is 0 Å². The Hall–Kier alpha value is -1.42. The summed E-state index contributed by atoms with van der Waals surface area (Å²) in [6.07, 6.45) is 6.79. The third-order valence-electron chi connectivity index (χ3n) is 10.6. The number of thiophene rings is 1. The highest BCUT2D eigenvalue weighted by Crippen LogP contribution is 2.79. The summed E-state index contributed by atoms with van der Waals surface area (Å²) in [4.78, 5) is 27.4. The van der Waals surface area contributed by atoms with Crippen molar-refractivity contribution in [1.29, 1.82) is 0 Å². The number of hydrogen-bond acceptors (Lipinski definition) is 4. The van der Waals surface area contributed by atoms with Crippen LogP contribution in [-0.4, -0.2) is 11.9 Å². The Morgan fingerprint density at radius 1 is 1.00 bits per heavy atom. The summed E-state index contributed by atoms with van der Waals surface area (Å²) in [5.41, 5.74) is 2.81. The van der Waals surface area contributed by atoms with Gasteiger partial charge in [0.25, 0.3) is 0 Å². The number of ether oxygens (including phenoxy) is 1. The molecule has 1 aromatic heterocycles. The summed E-state index contributed by atoms with van der Waals surface area (Å²) in [6.45, 7) is 2.03. The molecule has 9 aliphatic rings. The summed E-state index contributed by atoms with van der Waals surface area (Å²) < 4.78 is 5.33. The predicted molar refractivity (Wildman–Crippen MR) is 104 cm³/mol. The zero-order chi connectivity index (χ0) is 18.5. The van der Waals surface area contributed by atoms with Gasteiger partial charge in [0, 0.05) is 10.3 Å². The lowest BCUT2D eigenvalue weighted by Gasteiger charge is -2.76. The van der Waals surface area contributed by atoms with Crippen LogP contribution in [0, 0.1) is 53.3 Å². The topological polar surface area (TPSA) is 43.4 Å². The van der Waals surface area contributed by atoms with E-state index in [-0.39, 0.29) is 23.3 Å². The number of esters is 2. The summed E-state index contributed by atoms with van der Waals surface area (Å²) >= 11 is 1.86. The molecule has 6 unspecified atom stereocenters. The van der Waals surface area contributed by atoms with Crippen LogP contribution >= 0.6 is 11.3 Å². The van der Waals surface area contributed by atoms with Gasteiger partial charge in [-0.3, -0.25) is 4.79 Å². The smallest absolute Gasteiger partial charge is 0.342 e. The third-order valence-corrected chi connectivity index (χ3v) is 11.6. The first-order valence-corrected chi connectivity index (χ1v) is 12.0. The van der Waals surface area contributed by atoms with Gasteiger partial charge >= 0.3 is 11.9 Å². The Kier molecular flexibility index (Phi) is 2.48. The molecule has 10 atom stereocenters. The lowest BCUT2D eigenvalue weighted by molar-refractivity contribution is -0.248. The quantitative estimate of drug-likeness (QED) is 0.485. The van der Waals surface area contributed by atoms with E-state index in [1.807, 2.05) is 18.3 Å². The van der Waals surface area contributed by atoms with Crippen LogP contribution in [-0.2, 0) is 19.7 Å². The molecule has 4 heteroatoms. The second-order valence-electron chi connectivity index (χ2n) is 10.9. The maximum atomic E-state index is 13.2. The Labute approximate surface area is 168 Å². The fourth-order valence-electron chi connectivity index (χ4n) is 10.3. The normalized spacial score (nSPS) is 54.0. The molecule has 8 aliphatic carbocycles. The van der Waals surface area contributed by atoms with Crippen molar-refractivity contribution in [1.82, 2.24) is 0 Å². The van der Waals surface area contributed by atoms with Crippen molar-refractivity contribution < 1.29 is 14.3 Å². The Morgan fingerprint density at radius 3 is 2.43 bits per heavy atom. The van der Waals surface area contributed by atoms with E-state index in [1.165, 1.54) is 42.5 Å². The van der Waals surface area contributed by atoms with Gasteiger partial charge in [0.15, 0.2) is 0 Å². The van der Waals surface area contributed by atoms with E-state index in [4.69, 9.17) is 4.74 Å². The fraction of sp³-hybridized carbons (Fsp3) is 0.667. The molecule has 7 saturated carbocycles. The lowest BCUT2D eigenvalue weighted by atomic mass is 9.28.